The van der Waals surface area contributed by atoms with Gasteiger partial charge in [0.05, 0.1) is 5.92 Å². The molecule has 1 aliphatic carbocycles. The number of carboxylic acid groups (broad SMARTS) is 1. The van der Waals surface area contributed by atoms with E-state index in [1.807, 2.05) is 54.6 Å². The highest BCUT2D eigenvalue weighted by atomic mass is 16.5. The van der Waals surface area contributed by atoms with Crippen LogP contribution in [0.15, 0.2) is 54.6 Å². The summed E-state index contributed by atoms with van der Waals surface area (Å²) in [5.74, 6) is 0.951. The summed E-state index contributed by atoms with van der Waals surface area (Å²) in [5.41, 5.74) is 0.856. The van der Waals surface area contributed by atoms with Gasteiger partial charge in [0.2, 0.25) is 0 Å². The monoisotopic (exact) mass is 282 g/mol. The zero-order valence-electron chi connectivity index (χ0n) is 11.7. The topological polar surface area (TPSA) is 46.5 Å². The summed E-state index contributed by atoms with van der Waals surface area (Å²) in [6.07, 6.45) is 3.08. The largest absolute Gasteiger partial charge is 0.481 e. The second-order valence-electron chi connectivity index (χ2n) is 5.55. The lowest BCUT2D eigenvalue weighted by atomic mass is 9.93. The molecule has 1 saturated carbocycles. The zero-order chi connectivity index (χ0) is 14.7. The van der Waals surface area contributed by atoms with Crippen molar-refractivity contribution in [1.82, 2.24) is 0 Å². The summed E-state index contributed by atoms with van der Waals surface area (Å²) in [7, 11) is 0. The Labute approximate surface area is 124 Å². The molecule has 0 radical (unpaired) electrons. The summed E-state index contributed by atoms with van der Waals surface area (Å²) in [5, 5.41) is 9.38. The summed E-state index contributed by atoms with van der Waals surface area (Å²) >= 11 is 0. The van der Waals surface area contributed by atoms with E-state index in [9.17, 15) is 9.90 Å². The van der Waals surface area contributed by atoms with Crippen molar-refractivity contribution in [2.24, 2.45) is 5.92 Å². The number of carbonyl (C=O) groups is 1. The van der Waals surface area contributed by atoms with Crippen LogP contribution in [-0.2, 0) is 4.79 Å². The van der Waals surface area contributed by atoms with Crippen LogP contribution in [0.4, 0.5) is 0 Å². The summed E-state index contributed by atoms with van der Waals surface area (Å²) in [6.45, 7) is 0. The Morgan fingerprint density at radius 1 is 1.05 bits per heavy atom. The molecule has 2 aromatic carbocycles. The third-order valence-electron chi connectivity index (χ3n) is 3.83. The molecule has 3 heteroatoms. The fourth-order valence-electron chi connectivity index (χ4n) is 2.46. The van der Waals surface area contributed by atoms with Gasteiger partial charge < -0.3 is 9.84 Å². The molecule has 1 N–H and O–H groups in total. The first kappa shape index (κ1) is 13.7. The van der Waals surface area contributed by atoms with Crippen molar-refractivity contribution < 1.29 is 14.6 Å². The van der Waals surface area contributed by atoms with E-state index >= 15 is 0 Å². The van der Waals surface area contributed by atoms with Crippen LogP contribution in [-0.4, -0.2) is 11.1 Å². The highest BCUT2D eigenvalue weighted by Crippen LogP contribution is 2.39. The van der Waals surface area contributed by atoms with E-state index in [4.69, 9.17) is 4.74 Å². The molecule has 0 bridgehead atoms. The number of benzene rings is 2. The maximum absolute atomic E-state index is 11.4. The van der Waals surface area contributed by atoms with Gasteiger partial charge >= 0.3 is 5.97 Å². The quantitative estimate of drug-likeness (QED) is 0.851. The third-order valence-corrected chi connectivity index (χ3v) is 3.83. The van der Waals surface area contributed by atoms with Crippen LogP contribution in [0.2, 0.25) is 0 Å². The Kier molecular flexibility index (Phi) is 3.91. The maximum Gasteiger partial charge on any atom is 0.310 e. The number of hydrogen-bond donors (Lipinski definition) is 1. The number of para-hydroxylation sites is 1. The average Bonchev–Trinajstić information content (AvgIpc) is 3.31. The molecule has 0 saturated heterocycles. The molecule has 0 aliphatic heterocycles. The number of carboxylic acids is 1. The summed E-state index contributed by atoms with van der Waals surface area (Å²) in [6, 6.07) is 16.9. The van der Waals surface area contributed by atoms with Crippen LogP contribution in [0.1, 0.15) is 30.7 Å². The van der Waals surface area contributed by atoms with Crippen molar-refractivity contribution in [1.29, 1.82) is 0 Å². The Hall–Kier alpha value is -2.29. The molecule has 3 nitrogen and oxygen atoms in total. The van der Waals surface area contributed by atoms with E-state index in [1.54, 1.807) is 0 Å². The lowest BCUT2D eigenvalue weighted by molar-refractivity contribution is -0.139. The Morgan fingerprint density at radius 2 is 1.67 bits per heavy atom. The van der Waals surface area contributed by atoms with Gasteiger partial charge in [-0.05, 0) is 42.2 Å². The normalized spacial score (nSPS) is 15.4. The van der Waals surface area contributed by atoms with E-state index in [0.29, 0.717) is 5.92 Å². The number of ether oxygens (including phenoxy) is 1. The summed E-state index contributed by atoms with van der Waals surface area (Å²) in [4.78, 5) is 11.4. The number of hydrogen-bond acceptors (Lipinski definition) is 2. The molecule has 1 fully saturated rings. The van der Waals surface area contributed by atoms with Gasteiger partial charge in [0, 0.05) is 0 Å². The molecule has 1 aliphatic rings. The minimum absolute atomic E-state index is 0.400. The smallest absolute Gasteiger partial charge is 0.310 e. The fraction of sp³-hybridized carbons (Fsp3) is 0.278. The number of rotatable bonds is 6. The molecular weight excluding hydrogens is 264 g/mol. The maximum atomic E-state index is 11.4. The van der Waals surface area contributed by atoms with E-state index in [1.165, 1.54) is 12.8 Å². The van der Waals surface area contributed by atoms with Gasteiger partial charge in [0.1, 0.15) is 11.5 Å². The molecule has 0 aromatic heterocycles. The molecule has 0 heterocycles. The predicted molar refractivity (Wildman–Crippen MR) is 80.7 cm³/mol. The standard InChI is InChI=1S/C18H18O3/c19-18(20)17(12-13-6-7-13)14-8-10-16(11-9-14)21-15-4-2-1-3-5-15/h1-5,8-11,13,17H,6-7,12H2,(H,19,20). The minimum atomic E-state index is -0.737. The second kappa shape index (κ2) is 6.00. The predicted octanol–water partition coefficient (Wildman–Crippen LogP) is 4.45. The van der Waals surface area contributed by atoms with Crippen LogP contribution in [0, 0.1) is 5.92 Å². The van der Waals surface area contributed by atoms with Crippen LogP contribution in [0.25, 0.3) is 0 Å². The third kappa shape index (κ3) is 3.63. The van der Waals surface area contributed by atoms with Gasteiger partial charge in [0.15, 0.2) is 0 Å². The molecule has 1 atom stereocenters. The SMILES string of the molecule is O=C(O)C(CC1CC1)c1ccc(Oc2ccccc2)cc1. The van der Waals surface area contributed by atoms with Crippen molar-refractivity contribution in [3.05, 3.63) is 60.2 Å². The molecule has 0 amide bonds. The molecule has 21 heavy (non-hydrogen) atoms. The highest BCUT2D eigenvalue weighted by molar-refractivity contribution is 5.76. The molecule has 0 spiro atoms. The zero-order valence-corrected chi connectivity index (χ0v) is 11.7. The van der Waals surface area contributed by atoms with E-state index in [0.717, 1.165) is 23.5 Å². The molecule has 3 rings (SSSR count). The lowest BCUT2D eigenvalue weighted by Gasteiger charge is -2.13. The van der Waals surface area contributed by atoms with E-state index < -0.39 is 11.9 Å². The van der Waals surface area contributed by atoms with Gasteiger partial charge in [-0.25, -0.2) is 0 Å². The first-order chi connectivity index (χ1) is 10.2. The van der Waals surface area contributed by atoms with Gasteiger partial charge in [0.25, 0.3) is 0 Å². The molecular formula is C18H18O3. The van der Waals surface area contributed by atoms with Crippen molar-refractivity contribution in [3.8, 4) is 11.5 Å². The van der Waals surface area contributed by atoms with E-state index in [2.05, 4.69) is 0 Å². The van der Waals surface area contributed by atoms with Crippen LogP contribution in [0.3, 0.4) is 0 Å². The van der Waals surface area contributed by atoms with Gasteiger partial charge in [-0.2, -0.15) is 0 Å². The Bertz CT molecular complexity index is 600. The molecule has 108 valence electrons. The first-order valence-corrected chi connectivity index (χ1v) is 7.28. The van der Waals surface area contributed by atoms with Crippen molar-refractivity contribution in [2.45, 2.75) is 25.2 Å². The second-order valence-corrected chi connectivity index (χ2v) is 5.55. The van der Waals surface area contributed by atoms with Gasteiger partial charge in [-0.3, -0.25) is 4.79 Å². The van der Waals surface area contributed by atoms with Crippen molar-refractivity contribution >= 4 is 5.97 Å². The first-order valence-electron chi connectivity index (χ1n) is 7.28. The van der Waals surface area contributed by atoms with Crippen LogP contribution in [0.5, 0.6) is 11.5 Å². The highest BCUT2D eigenvalue weighted by Gasteiger charge is 2.30. The van der Waals surface area contributed by atoms with Gasteiger partial charge in [-0.15, -0.1) is 0 Å². The molecule has 2 aromatic rings. The Morgan fingerprint density at radius 3 is 2.24 bits per heavy atom. The average molecular weight is 282 g/mol. The van der Waals surface area contributed by atoms with Crippen LogP contribution < -0.4 is 4.74 Å². The number of aliphatic carboxylic acids is 1. The summed E-state index contributed by atoms with van der Waals surface area (Å²) < 4.78 is 5.72. The Balaban J connectivity index is 1.71. The minimum Gasteiger partial charge on any atom is -0.481 e. The van der Waals surface area contributed by atoms with Crippen molar-refractivity contribution in [3.63, 3.8) is 0 Å². The van der Waals surface area contributed by atoms with E-state index in [-0.39, 0.29) is 0 Å². The van der Waals surface area contributed by atoms with Gasteiger partial charge in [-0.1, -0.05) is 43.2 Å². The fourth-order valence-corrected chi connectivity index (χ4v) is 2.46. The lowest BCUT2D eigenvalue weighted by Crippen LogP contribution is -2.12. The van der Waals surface area contributed by atoms with Crippen molar-refractivity contribution in [2.75, 3.05) is 0 Å². The van der Waals surface area contributed by atoms with Crippen LogP contribution >= 0.6 is 0 Å². The molecule has 1 unspecified atom stereocenters.